The molecule has 7 aromatic rings. The molecule has 0 bridgehead atoms. The van der Waals surface area contributed by atoms with E-state index in [9.17, 15) is 5.11 Å². The lowest BCUT2D eigenvalue weighted by Crippen LogP contribution is -2.41. The third-order valence-corrected chi connectivity index (χ3v) is 11.7. The molecule has 4 N–H and O–H groups in total. The number of rotatable bonds is 11. The molecule has 0 amide bonds. The maximum atomic E-state index is 9.28. The van der Waals surface area contributed by atoms with Crippen LogP contribution in [0.2, 0.25) is 5.15 Å². The van der Waals surface area contributed by atoms with E-state index in [4.69, 9.17) is 47.7 Å². The van der Waals surface area contributed by atoms with Crippen molar-refractivity contribution in [2.45, 2.75) is 138 Å². The first-order chi connectivity index (χ1) is 32.7. The summed E-state index contributed by atoms with van der Waals surface area (Å²) in [6.07, 6.45) is 12.0. The highest BCUT2D eigenvalue weighted by atomic mass is 35.5. The number of pyridine rings is 3. The zero-order valence-corrected chi connectivity index (χ0v) is 44.4. The number of aromatic nitrogens is 11. The highest BCUT2D eigenvalue weighted by Crippen LogP contribution is 2.36. The summed E-state index contributed by atoms with van der Waals surface area (Å²) in [6, 6.07) is 19.5. The Morgan fingerprint density at radius 1 is 0.557 bits per heavy atom. The molecule has 17 nitrogen and oxygen atoms in total. The number of hydrogen-bond donors (Lipinski definition) is 4. The molecule has 378 valence electrons. The van der Waals surface area contributed by atoms with Gasteiger partial charge in [0.1, 0.15) is 5.15 Å². The summed E-state index contributed by atoms with van der Waals surface area (Å²) in [4.78, 5) is 12.5. The average molecular weight is 1020 g/mol. The van der Waals surface area contributed by atoms with Crippen molar-refractivity contribution < 1.29 is 29.6 Å². The smallest absolute Gasteiger partial charge is 0.422 e. The summed E-state index contributed by atoms with van der Waals surface area (Å²) in [6.45, 7) is 24.6. The molecule has 0 unspecified atom stereocenters. The van der Waals surface area contributed by atoms with Crippen molar-refractivity contribution in [2.24, 2.45) is 0 Å². The van der Waals surface area contributed by atoms with E-state index in [1.807, 2.05) is 70.4 Å². The van der Waals surface area contributed by atoms with Gasteiger partial charge in [-0.2, -0.15) is 20.4 Å². The van der Waals surface area contributed by atoms with E-state index < -0.39 is 7.12 Å². The van der Waals surface area contributed by atoms with Gasteiger partial charge >= 0.3 is 14.2 Å². The van der Waals surface area contributed by atoms with Crippen LogP contribution in [0.4, 0.5) is 0 Å². The fraction of sp³-hybridized carbons (Fsp3) is 0.438. The second-order valence-corrected chi connectivity index (χ2v) is 18.6. The highest BCUT2D eigenvalue weighted by molar-refractivity contribution is 6.61. The van der Waals surface area contributed by atoms with Crippen molar-refractivity contribution >= 4 is 61.0 Å². The normalized spacial score (nSPS) is 13.4. The molecule has 0 aliphatic carbocycles. The van der Waals surface area contributed by atoms with Crippen LogP contribution in [-0.2, 0) is 28.4 Å². The van der Waals surface area contributed by atoms with Crippen molar-refractivity contribution in [3.05, 3.63) is 126 Å². The van der Waals surface area contributed by atoms with E-state index in [2.05, 4.69) is 105 Å². The monoisotopic (exact) mass is 1020 g/mol. The Balaban J connectivity index is 0.000000235. The number of aliphatic hydroxyl groups is 2. The molecule has 0 aromatic carbocycles. The largest absolute Gasteiger partial charge is 0.514 e. The van der Waals surface area contributed by atoms with Crippen molar-refractivity contribution in [3.63, 3.8) is 0 Å². The predicted octanol–water partition coefficient (Wildman–Crippen LogP) is 7.84. The van der Waals surface area contributed by atoms with Gasteiger partial charge in [0, 0.05) is 84.6 Å². The summed E-state index contributed by atoms with van der Waals surface area (Å²) in [5.74, 6) is 0.465. The van der Waals surface area contributed by atoms with Crippen LogP contribution in [0.25, 0.3) is 22.8 Å². The zero-order valence-electron chi connectivity index (χ0n) is 42.1. The summed E-state index contributed by atoms with van der Waals surface area (Å²) >= 11 is 11.5. The molecule has 1 aliphatic heterocycles. The van der Waals surface area contributed by atoms with Gasteiger partial charge in [-0.05, 0) is 131 Å². The Morgan fingerprint density at radius 3 is 1.37 bits per heavy atom. The standard InChI is InChI=1S/C12H21BN2O2.C12H14ClN3.C12H15N3O.C6H11BN2O2.C6H6ClNO.ClH/c1-9(2)15-10(7-8-14-15)13-16-11(3,4)12(5,6)17-13;1-9(2)16-11(5-7-15-16)12-10(8-13)4-3-6-14-12;1-9(2)15-11(5-7-14-15)12-10(8-16)4-3-6-13-12;1-5(2)9-6(7(10)11)3-4-8-9;7-6-5(4-9)2-1-3-8-6;/h7-9H,1-6H3;3-7,9H,8H2,1-2H3;3-7,9,16H,8H2,1-2H3;3-5,10-11H,1-2H3;1-3,9H,4H2;1H. The van der Waals surface area contributed by atoms with E-state index in [0.717, 1.165) is 39.5 Å². The third-order valence-electron chi connectivity index (χ3n) is 11.0. The van der Waals surface area contributed by atoms with E-state index in [0.29, 0.717) is 34.3 Å². The minimum Gasteiger partial charge on any atom is -0.422 e. The van der Waals surface area contributed by atoms with Gasteiger partial charge in [-0.25, -0.2) is 4.98 Å². The number of aliphatic hydroxyl groups excluding tert-OH is 2. The van der Waals surface area contributed by atoms with Crippen LogP contribution in [-0.4, -0.2) is 99.8 Å². The van der Waals surface area contributed by atoms with Gasteiger partial charge in [-0.15, -0.1) is 24.0 Å². The molecule has 0 radical (unpaired) electrons. The number of hydrogen-bond acceptors (Lipinski definition) is 13. The second-order valence-electron chi connectivity index (χ2n) is 18.0. The van der Waals surface area contributed by atoms with Crippen LogP contribution in [0.3, 0.4) is 0 Å². The van der Waals surface area contributed by atoms with Gasteiger partial charge in [0.25, 0.3) is 0 Å². The Labute approximate surface area is 428 Å². The van der Waals surface area contributed by atoms with Gasteiger partial charge in [-0.3, -0.25) is 28.7 Å². The Kier molecular flexibility index (Phi) is 23.4. The Hall–Kier alpha value is -4.95. The SMILES string of the molecule is CC(C)n1nccc1-c1ncccc1CCl.CC(C)n1nccc1-c1ncccc1CO.CC(C)n1nccc1B(O)O.CC(C)n1nccc1B1OC(C)(C)C(C)(C)O1.Cl.OCc1cccnc1Cl. The van der Waals surface area contributed by atoms with Crippen LogP contribution < -0.4 is 11.2 Å². The Bertz CT molecular complexity index is 2490. The molecule has 8 heterocycles. The van der Waals surface area contributed by atoms with Crippen LogP contribution >= 0.6 is 35.6 Å². The highest BCUT2D eigenvalue weighted by Gasteiger charge is 2.52. The van der Waals surface area contributed by atoms with Crippen molar-refractivity contribution in [2.75, 3.05) is 0 Å². The maximum absolute atomic E-state index is 9.28. The average Bonchev–Trinajstić information content (AvgIpc) is 4.18. The fourth-order valence-corrected chi connectivity index (χ4v) is 7.20. The summed E-state index contributed by atoms with van der Waals surface area (Å²) in [7, 11) is -1.76. The quantitative estimate of drug-likeness (QED) is 0.0554. The van der Waals surface area contributed by atoms with Crippen LogP contribution in [0.15, 0.2) is 104 Å². The van der Waals surface area contributed by atoms with Gasteiger partial charge in [-0.1, -0.05) is 29.8 Å². The maximum Gasteiger partial charge on any atom is 0.514 e. The van der Waals surface area contributed by atoms with Crippen LogP contribution in [0, 0.1) is 0 Å². The van der Waals surface area contributed by atoms with E-state index in [1.165, 1.54) is 0 Å². The van der Waals surface area contributed by atoms with E-state index in [-0.39, 0.29) is 56.0 Å². The predicted molar refractivity (Wildman–Crippen MR) is 280 cm³/mol. The molecule has 0 spiro atoms. The number of alkyl halides is 1. The summed E-state index contributed by atoms with van der Waals surface area (Å²) in [5.41, 5.74) is 7.02. The fourth-order valence-electron chi connectivity index (χ4n) is 6.80. The molecular weight excluding hydrogens is 955 g/mol. The zero-order chi connectivity index (χ0) is 51.1. The first-order valence-electron chi connectivity index (χ1n) is 22.8. The van der Waals surface area contributed by atoms with Crippen molar-refractivity contribution in [3.8, 4) is 22.8 Å². The lowest BCUT2D eigenvalue weighted by Gasteiger charge is -2.32. The second kappa shape index (κ2) is 27.6. The van der Waals surface area contributed by atoms with Gasteiger partial charge in [0.2, 0.25) is 0 Å². The van der Waals surface area contributed by atoms with Crippen molar-refractivity contribution in [1.29, 1.82) is 0 Å². The lowest BCUT2D eigenvalue weighted by molar-refractivity contribution is 0.00578. The topological polar surface area (TPSA) is 209 Å². The molecule has 1 saturated heterocycles. The molecular formula is C48H68B2Cl3N11O6. The molecule has 8 rings (SSSR count). The van der Waals surface area contributed by atoms with Gasteiger partial charge < -0.3 is 29.6 Å². The first kappa shape index (κ1) is 59.4. The molecule has 0 saturated carbocycles. The molecule has 22 heteroatoms. The van der Waals surface area contributed by atoms with Gasteiger partial charge in [0.15, 0.2) is 0 Å². The molecule has 0 atom stereocenters. The number of nitrogens with zero attached hydrogens (tertiary/aromatic N) is 11. The summed E-state index contributed by atoms with van der Waals surface area (Å²) < 4.78 is 19.4. The van der Waals surface area contributed by atoms with Gasteiger partial charge in [0.05, 0.1) is 58.4 Å². The third kappa shape index (κ3) is 15.5. The van der Waals surface area contributed by atoms with Crippen LogP contribution in [0.5, 0.6) is 0 Å². The van der Waals surface area contributed by atoms with Crippen molar-refractivity contribution in [1.82, 2.24) is 54.1 Å². The minimum atomic E-state index is -1.43. The van der Waals surface area contributed by atoms with Crippen LogP contribution in [0.1, 0.15) is 124 Å². The summed E-state index contributed by atoms with van der Waals surface area (Å²) in [5, 5.41) is 52.7. The van der Waals surface area contributed by atoms with E-state index in [1.54, 1.807) is 66.3 Å². The van der Waals surface area contributed by atoms with E-state index >= 15 is 0 Å². The lowest BCUT2D eigenvalue weighted by atomic mass is 9.84. The minimum absolute atomic E-state index is 0. The molecule has 70 heavy (non-hydrogen) atoms. The molecule has 1 fully saturated rings. The molecule has 7 aromatic heterocycles. The molecule has 1 aliphatic rings. The Morgan fingerprint density at radius 2 is 0.957 bits per heavy atom. The number of halogens is 3. The first-order valence-corrected chi connectivity index (χ1v) is 23.7.